The van der Waals surface area contributed by atoms with E-state index < -0.39 is 0 Å². The highest BCUT2D eigenvalue weighted by Gasteiger charge is 2.25. The summed E-state index contributed by atoms with van der Waals surface area (Å²) in [5.41, 5.74) is 0. The Labute approximate surface area is 97.0 Å². The second kappa shape index (κ2) is 6.46. The van der Waals surface area contributed by atoms with Crippen LogP contribution in [0.2, 0.25) is 0 Å². The van der Waals surface area contributed by atoms with Crippen molar-refractivity contribution in [3.05, 3.63) is 0 Å². The fourth-order valence-electron chi connectivity index (χ4n) is 1.67. The molecule has 1 aliphatic rings. The molecule has 0 aliphatic carbocycles. The molecule has 0 aromatic heterocycles. The number of amides is 1. The van der Waals surface area contributed by atoms with Gasteiger partial charge in [-0.3, -0.25) is 9.69 Å². The topological polar surface area (TPSA) is 59.4 Å². The molecule has 5 nitrogen and oxygen atoms in total. The summed E-state index contributed by atoms with van der Waals surface area (Å²) in [6.45, 7) is 5.90. The maximum absolute atomic E-state index is 11.8. The lowest BCUT2D eigenvalue weighted by molar-refractivity contribution is -0.131. The van der Waals surface area contributed by atoms with E-state index in [1.54, 1.807) is 11.9 Å². The van der Waals surface area contributed by atoms with Crippen LogP contribution in [-0.4, -0.2) is 61.5 Å². The van der Waals surface area contributed by atoms with Gasteiger partial charge in [-0.2, -0.15) is 5.26 Å². The van der Waals surface area contributed by atoms with Crippen LogP contribution in [0.15, 0.2) is 0 Å². The number of rotatable bonds is 6. The summed E-state index contributed by atoms with van der Waals surface area (Å²) in [6.07, 6.45) is 0.402. The zero-order valence-corrected chi connectivity index (χ0v) is 10.1. The minimum absolute atomic E-state index is 0.101. The van der Waals surface area contributed by atoms with Gasteiger partial charge in [0.1, 0.15) is 0 Å². The van der Waals surface area contributed by atoms with Crippen LogP contribution in [0.25, 0.3) is 0 Å². The fraction of sp³-hybridized carbons (Fsp3) is 0.818. The van der Waals surface area contributed by atoms with Gasteiger partial charge in [-0.15, -0.1) is 0 Å². The van der Waals surface area contributed by atoms with Crippen molar-refractivity contribution in [2.45, 2.75) is 19.4 Å². The second-order valence-corrected chi connectivity index (χ2v) is 4.10. The van der Waals surface area contributed by atoms with Crippen LogP contribution >= 0.6 is 0 Å². The van der Waals surface area contributed by atoms with Crippen molar-refractivity contribution < 1.29 is 4.79 Å². The zero-order valence-electron chi connectivity index (χ0n) is 10.1. The molecule has 1 aliphatic heterocycles. The Morgan fingerprint density at radius 3 is 2.69 bits per heavy atom. The van der Waals surface area contributed by atoms with E-state index in [0.29, 0.717) is 25.6 Å². The normalized spacial score (nSPS) is 15.6. The number of likely N-dealkylation sites (N-methyl/N-ethyl adjacent to an activating group) is 2. The van der Waals surface area contributed by atoms with Gasteiger partial charge in [0.05, 0.1) is 19.0 Å². The van der Waals surface area contributed by atoms with E-state index in [4.69, 9.17) is 5.26 Å². The molecule has 5 heteroatoms. The minimum atomic E-state index is 0.101. The van der Waals surface area contributed by atoms with Crippen molar-refractivity contribution in [1.82, 2.24) is 15.1 Å². The molecule has 0 radical (unpaired) electrons. The third-order valence-electron chi connectivity index (χ3n) is 3.01. The quantitative estimate of drug-likeness (QED) is 0.670. The first-order chi connectivity index (χ1) is 7.69. The van der Waals surface area contributed by atoms with Crippen molar-refractivity contribution in [3.8, 4) is 6.07 Å². The monoisotopic (exact) mass is 224 g/mol. The first kappa shape index (κ1) is 12.9. The minimum Gasteiger partial charge on any atom is -0.344 e. The molecule has 0 atom stereocenters. The first-order valence-corrected chi connectivity index (χ1v) is 5.74. The molecule has 1 heterocycles. The molecule has 1 fully saturated rings. The molecule has 0 aromatic carbocycles. The lowest BCUT2D eigenvalue weighted by Crippen LogP contribution is -2.58. The van der Waals surface area contributed by atoms with Crippen molar-refractivity contribution in [3.63, 3.8) is 0 Å². The van der Waals surface area contributed by atoms with Gasteiger partial charge in [0, 0.05) is 32.7 Å². The van der Waals surface area contributed by atoms with E-state index in [1.807, 2.05) is 6.07 Å². The van der Waals surface area contributed by atoms with E-state index in [9.17, 15) is 4.79 Å². The molecule has 0 aromatic rings. The first-order valence-electron chi connectivity index (χ1n) is 5.74. The van der Waals surface area contributed by atoms with E-state index in [1.165, 1.54) is 0 Å². The van der Waals surface area contributed by atoms with Crippen LogP contribution < -0.4 is 5.32 Å². The van der Waals surface area contributed by atoms with E-state index in [2.05, 4.69) is 17.1 Å². The number of nitriles is 1. The van der Waals surface area contributed by atoms with Gasteiger partial charge in [-0.05, 0) is 6.54 Å². The largest absolute Gasteiger partial charge is 0.344 e. The van der Waals surface area contributed by atoms with Crippen LogP contribution in [0.3, 0.4) is 0 Å². The Kier molecular flexibility index (Phi) is 5.23. The lowest BCUT2D eigenvalue weighted by atomic mass is 10.1. The van der Waals surface area contributed by atoms with Crippen LogP contribution in [-0.2, 0) is 4.79 Å². The van der Waals surface area contributed by atoms with E-state index >= 15 is 0 Å². The number of nitrogens with one attached hydrogen (secondary N) is 1. The Balaban J connectivity index is 2.33. The fourth-order valence-corrected chi connectivity index (χ4v) is 1.67. The highest BCUT2D eigenvalue weighted by atomic mass is 16.2. The second-order valence-electron chi connectivity index (χ2n) is 4.10. The number of carbonyl (C=O) groups excluding carboxylic acids is 1. The van der Waals surface area contributed by atoms with Crippen molar-refractivity contribution in [1.29, 1.82) is 5.26 Å². The SMILES string of the molecule is CCN(CC(=O)N(C)CCC#N)C1CNC1. The number of hydrogen-bond donors (Lipinski definition) is 1. The van der Waals surface area contributed by atoms with Crippen molar-refractivity contribution >= 4 is 5.91 Å². The molecular formula is C11H20N4O. The Morgan fingerprint density at radius 2 is 2.25 bits per heavy atom. The third-order valence-corrected chi connectivity index (χ3v) is 3.01. The third kappa shape index (κ3) is 3.47. The zero-order chi connectivity index (χ0) is 12.0. The molecule has 1 saturated heterocycles. The summed E-state index contributed by atoms with van der Waals surface area (Å²) >= 11 is 0. The standard InChI is InChI=1S/C11H20N4O/c1-3-15(10-7-13-8-10)9-11(16)14(2)6-4-5-12/h10,13H,3-4,6-9H2,1-2H3. The van der Waals surface area contributed by atoms with Gasteiger partial charge in [0.25, 0.3) is 0 Å². The maximum atomic E-state index is 11.8. The lowest BCUT2D eigenvalue weighted by Gasteiger charge is -2.37. The molecule has 1 amide bonds. The number of nitrogens with zero attached hydrogens (tertiary/aromatic N) is 3. The summed E-state index contributed by atoms with van der Waals surface area (Å²) < 4.78 is 0. The maximum Gasteiger partial charge on any atom is 0.236 e. The van der Waals surface area contributed by atoms with Gasteiger partial charge in [-0.25, -0.2) is 0 Å². The number of carbonyl (C=O) groups is 1. The van der Waals surface area contributed by atoms with Gasteiger partial charge < -0.3 is 10.2 Å². The van der Waals surface area contributed by atoms with E-state index in [-0.39, 0.29) is 5.91 Å². The molecule has 0 saturated carbocycles. The Bertz CT molecular complexity index is 270. The molecule has 0 spiro atoms. The highest BCUT2D eigenvalue weighted by molar-refractivity contribution is 5.78. The van der Waals surface area contributed by atoms with Crippen LogP contribution in [0.1, 0.15) is 13.3 Å². The summed E-state index contributed by atoms with van der Waals surface area (Å²) in [5.74, 6) is 0.101. The van der Waals surface area contributed by atoms with Crippen LogP contribution in [0, 0.1) is 11.3 Å². The van der Waals surface area contributed by atoms with Crippen molar-refractivity contribution in [2.24, 2.45) is 0 Å². The average Bonchev–Trinajstić information content (AvgIpc) is 2.22. The summed E-state index contributed by atoms with van der Waals surface area (Å²) in [7, 11) is 1.76. The molecule has 1 rings (SSSR count). The van der Waals surface area contributed by atoms with Gasteiger partial charge >= 0.3 is 0 Å². The predicted molar refractivity (Wildman–Crippen MR) is 61.8 cm³/mol. The molecule has 90 valence electrons. The van der Waals surface area contributed by atoms with Crippen molar-refractivity contribution in [2.75, 3.05) is 39.8 Å². The molecule has 0 bridgehead atoms. The summed E-state index contributed by atoms with van der Waals surface area (Å²) in [4.78, 5) is 15.6. The van der Waals surface area contributed by atoms with Crippen LogP contribution in [0.5, 0.6) is 0 Å². The smallest absolute Gasteiger partial charge is 0.236 e. The summed E-state index contributed by atoms with van der Waals surface area (Å²) in [6, 6.07) is 2.55. The highest BCUT2D eigenvalue weighted by Crippen LogP contribution is 2.05. The van der Waals surface area contributed by atoms with Gasteiger partial charge in [-0.1, -0.05) is 6.92 Å². The molecular weight excluding hydrogens is 204 g/mol. The number of hydrogen-bond acceptors (Lipinski definition) is 4. The van der Waals surface area contributed by atoms with E-state index in [0.717, 1.165) is 19.6 Å². The molecule has 0 unspecified atom stereocenters. The molecule has 1 N–H and O–H groups in total. The summed E-state index contributed by atoms with van der Waals surface area (Å²) in [5, 5.41) is 11.7. The van der Waals surface area contributed by atoms with Gasteiger partial charge in [0.15, 0.2) is 0 Å². The van der Waals surface area contributed by atoms with Crippen LogP contribution in [0.4, 0.5) is 0 Å². The predicted octanol–water partition coefficient (Wildman–Crippen LogP) is -0.348. The Morgan fingerprint density at radius 1 is 1.56 bits per heavy atom. The average molecular weight is 224 g/mol. The van der Waals surface area contributed by atoms with Gasteiger partial charge in [0.2, 0.25) is 5.91 Å². The Hall–Kier alpha value is -1.12. The molecule has 16 heavy (non-hydrogen) atoms.